The van der Waals surface area contributed by atoms with Gasteiger partial charge in [-0.25, -0.2) is 0 Å². The quantitative estimate of drug-likeness (QED) is 0.500. The molecule has 3 atom stereocenters. The minimum atomic E-state index is -1.80. The Morgan fingerprint density at radius 2 is 1.79 bits per heavy atom. The van der Waals surface area contributed by atoms with Crippen molar-refractivity contribution < 1.29 is 24.5 Å². The van der Waals surface area contributed by atoms with Gasteiger partial charge >= 0.3 is 0 Å². The second-order valence-electron chi connectivity index (χ2n) is 7.68. The molecule has 1 aromatic rings. The Morgan fingerprint density at radius 1 is 1.07 bits per heavy atom. The Balaban J connectivity index is 1.43. The van der Waals surface area contributed by atoms with E-state index in [1.54, 1.807) is 17.0 Å². The Kier molecular flexibility index (Phi) is 7.85. The summed E-state index contributed by atoms with van der Waals surface area (Å²) in [7, 11) is 0. The molecule has 8 heteroatoms. The van der Waals surface area contributed by atoms with Crippen molar-refractivity contribution >= 4 is 11.8 Å². The first kappa shape index (κ1) is 21.5. The minimum Gasteiger partial charge on any atom is -0.492 e. The fourth-order valence-electron chi connectivity index (χ4n) is 3.99. The van der Waals surface area contributed by atoms with Crippen LogP contribution in [-0.2, 0) is 9.59 Å². The first-order chi connectivity index (χ1) is 14.1. The lowest BCUT2D eigenvalue weighted by molar-refractivity contribution is -0.153. The van der Waals surface area contributed by atoms with Crippen LogP contribution in [0.5, 0.6) is 5.75 Å². The first-order valence-corrected chi connectivity index (χ1v) is 10.4. The smallest absolute Gasteiger partial charge is 0.254 e. The number of benzene rings is 1. The number of para-hydroxylation sites is 1. The number of aliphatic hydroxyl groups is 2. The molecule has 2 aliphatic heterocycles. The summed E-state index contributed by atoms with van der Waals surface area (Å²) in [6.45, 7) is 3.79. The largest absolute Gasteiger partial charge is 0.492 e. The third kappa shape index (κ3) is 5.91. The van der Waals surface area contributed by atoms with E-state index < -0.39 is 24.0 Å². The molecule has 0 aliphatic carbocycles. The molecule has 2 heterocycles. The van der Waals surface area contributed by atoms with Crippen LogP contribution in [0.25, 0.3) is 0 Å². The molecule has 2 fully saturated rings. The number of carbonyl (C=O) groups is 2. The third-order valence-corrected chi connectivity index (χ3v) is 5.56. The number of nitrogens with zero attached hydrogens (tertiary/aromatic N) is 2. The average Bonchev–Trinajstić information content (AvgIpc) is 3.42. The van der Waals surface area contributed by atoms with E-state index in [4.69, 9.17) is 4.74 Å². The van der Waals surface area contributed by atoms with Gasteiger partial charge in [0.25, 0.3) is 11.8 Å². The van der Waals surface area contributed by atoms with Gasteiger partial charge in [0.15, 0.2) is 12.2 Å². The number of rotatable bonds is 9. The summed E-state index contributed by atoms with van der Waals surface area (Å²) in [5.74, 6) is -0.678. The Bertz CT molecular complexity index is 666. The van der Waals surface area contributed by atoms with Crippen LogP contribution in [-0.4, -0.2) is 89.4 Å². The highest BCUT2D eigenvalue weighted by Crippen LogP contribution is 2.21. The molecule has 8 nitrogen and oxygen atoms in total. The van der Waals surface area contributed by atoms with Gasteiger partial charge in [0.05, 0.1) is 6.54 Å². The highest BCUT2D eigenvalue weighted by Gasteiger charge is 2.38. The maximum absolute atomic E-state index is 12.7. The number of carbonyl (C=O) groups excluding carboxylic acids is 2. The van der Waals surface area contributed by atoms with Crippen molar-refractivity contribution in [3.8, 4) is 5.75 Å². The van der Waals surface area contributed by atoms with Crippen molar-refractivity contribution in [2.24, 2.45) is 0 Å². The molecule has 2 amide bonds. The van der Waals surface area contributed by atoms with Gasteiger partial charge < -0.3 is 30.1 Å². The lowest BCUT2D eigenvalue weighted by Crippen LogP contribution is -2.53. The molecule has 3 rings (SSSR count). The van der Waals surface area contributed by atoms with Gasteiger partial charge in [0.1, 0.15) is 12.4 Å². The maximum Gasteiger partial charge on any atom is 0.254 e. The normalized spacial score (nSPS) is 21.7. The average molecular weight is 405 g/mol. The second-order valence-corrected chi connectivity index (χ2v) is 7.68. The molecule has 0 radical (unpaired) electrons. The summed E-state index contributed by atoms with van der Waals surface area (Å²) < 4.78 is 5.46. The van der Waals surface area contributed by atoms with E-state index in [0.29, 0.717) is 12.3 Å². The summed E-state index contributed by atoms with van der Waals surface area (Å²) in [5, 5.41) is 22.9. The topological polar surface area (TPSA) is 102 Å². The van der Waals surface area contributed by atoms with Crippen molar-refractivity contribution in [3.05, 3.63) is 30.3 Å². The highest BCUT2D eigenvalue weighted by atomic mass is 16.5. The van der Waals surface area contributed by atoms with Gasteiger partial charge in [-0.1, -0.05) is 18.2 Å². The number of ether oxygens (including phenoxy) is 1. The molecule has 2 saturated heterocycles. The third-order valence-electron chi connectivity index (χ3n) is 5.56. The Labute approximate surface area is 171 Å². The first-order valence-electron chi connectivity index (χ1n) is 10.4. The van der Waals surface area contributed by atoms with E-state index in [1.165, 1.54) is 12.8 Å². The zero-order valence-electron chi connectivity index (χ0n) is 16.7. The van der Waals surface area contributed by atoms with Crippen LogP contribution in [0, 0.1) is 0 Å². The zero-order chi connectivity index (χ0) is 20.6. The van der Waals surface area contributed by atoms with Gasteiger partial charge in [-0.2, -0.15) is 0 Å². The summed E-state index contributed by atoms with van der Waals surface area (Å²) in [6, 6.07) is 9.19. The summed E-state index contributed by atoms with van der Waals surface area (Å²) in [4.78, 5) is 28.8. The van der Waals surface area contributed by atoms with E-state index in [-0.39, 0.29) is 19.2 Å². The van der Waals surface area contributed by atoms with Crippen molar-refractivity contribution in [3.63, 3.8) is 0 Å². The minimum absolute atomic E-state index is 0.0322. The van der Waals surface area contributed by atoms with Crippen LogP contribution in [0.2, 0.25) is 0 Å². The van der Waals surface area contributed by atoms with Crippen LogP contribution in [0.1, 0.15) is 25.7 Å². The van der Waals surface area contributed by atoms with Crippen molar-refractivity contribution in [1.82, 2.24) is 15.1 Å². The molecular weight excluding hydrogens is 374 g/mol. The lowest BCUT2D eigenvalue weighted by atomic mass is 10.1. The zero-order valence-corrected chi connectivity index (χ0v) is 16.7. The predicted molar refractivity (Wildman–Crippen MR) is 107 cm³/mol. The summed E-state index contributed by atoms with van der Waals surface area (Å²) >= 11 is 0. The van der Waals surface area contributed by atoms with Gasteiger partial charge in [-0.15, -0.1) is 0 Å². The van der Waals surface area contributed by atoms with Gasteiger partial charge in [0, 0.05) is 19.1 Å². The molecule has 0 aromatic heterocycles. The second kappa shape index (κ2) is 10.6. The standard InChI is InChI=1S/C21H31N3O5/c25-18(20(27)22-10-14-29-17-8-2-1-3-9-17)19(26)21(28)24-13-6-7-16(24)15-23-11-4-5-12-23/h1-3,8-9,16,18-19,25-26H,4-7,10-15H2,(H,22,27)/t16-,18?,19+/m0/s1. The Morgan fingerprint density at radius 3 is 2.52 bits per heavy atom. The number of hydrogen-bond acceptors (Lipinski definition) is 6. The number of amides is 2. The molecule has 0 bridgehead atoms. The number of nitrogens with one attached hydrogen (secondary N) is 1. The fraction of sp³-hybridized carbons (Fsp3) is 0.619. The highest BCUT2D eigenvalue weighted by molar-refractivity contribution is 5.90. The molecule has 2 aliphatic rings. The van der Waals surface area contributed by atoms with Crippen LogP contribution in [0.15, 0.2) is 30.3 Å². The van der Waals surface area contributed by atoms with Gasteiger partial charge in [-0.05, 0) is 50.9 Å². The van der Waals surface area contributed by atoms with E-state index in [0.717, 1.165) is 32.5 Å². The molecule has 1 unspecified atom stereocenters. The molecule has 1 aromatic carbocycles. The molecule has 3 N–H and O–H groups in total. The maximum atomic E-state index is 12.7. The SMILES string of the molecule is O=C(NCCOc1ccccc1)C(O)[C@@H](O)C(=O)N1CCC[C@H]1CN1CCCC1. The van der Waals surface area contributed by atoms with Crippen molar-refractivity contribution in [2.45, 2.75) is 43.9 Å². The van der Waals surface area contributed by atoms with Crippen LogP contribution in [0.4, 0.5) is 0 Å². The molecule has 29 heavy (non-hydrogen) atoms. The van der Waals surface area contributed by atoms with Crippen LogP contribution < -0.4 is 10.1 Å². The van der Waals surface area contributed by atoms with Crippen molar-refractivity contribution in [2.75, 3.05) is 39.3 Å². The number of aliphatic hydroxyl groups excluding tert-OH is 2. The van der Waals surface area contributed by atoms with E-state index >= 15 is 0 Å². The van der Waals surface area contributed by atoms with E-state index in [2.05, 4.69) is 10.2 Å². The number of likely N-dealkylation sites (tertiary alicyclic amines) is 2. The molecule has 0 spiro atoms. The van der Waals surface area contributed by atoms with Crippen LogP contribution >= 0.6 is 0 Å². The Hall–Kier alpha value is -2.16. The summed E-state index contributed by atoms with van der Waals surface area (Å²) in [6.07, 6.45) is 0.549. The van der Waals surface area contributed by atoms with Gasteiger partial charge in [0.2, 0.25) is 0 Å². The molecule has 0 saturated carbocycles. The van der Waals surface area contributed by atoms with Crippen molar-refractivity contribution in [1.29, 1.82) is 0 Å². The fourth-order valence-corrected chi connectivity index (χ4v) is 3.99. The monoisotopic (exact) mass is 405 g/mol. The lowest BCUT2D eigenvalue weighted by Gasteiger charge is -2.30. The van der Waals surface area contributed by atoms with E-state index in [9.17, 15) is 19.8 Å². The molecule has 160 valence electrons. The summed E-state index contributed by atoms with van der Waals surface area (Å²) in [5.41, 5.74) is 0. The molecular formula is C21H31N3O5. The number of hydrogen-bond donors (Lipinski definition) is 3. The van der Waals surface area contributed by atoms with E-state index in [1.807, 2.05) is 18.2 Å². The van der Waals surface area contributed by atoms with Crippen LogP contribution in [0.3, 0.4) is 0 Å². The predicted octanol–water partition coefficient (Wildman–Crippen LogP) is -0.00980. The van der Waals surface area contributed by atoms with Gasteiger partial charge in [-0.3, -0.25) is 9.59 Å².